The number of anilines is 1. The second-order valence-corrected chi connectivity index (χ2v) is 9.01. The van der Waals surface area contributed by atoms with Crippen molar-refractivity contribution >= 4 is 23.4 Å². The highest BCUT2D eigenvalue weighted by molar-refractivity contribution is 6.05. The van der Waals surface area contributed by atoms with E-state index in [-0.39, 0.29) is 35.6 Å². The van der Waals surface area contributed by atoms with Crippen molar-refractivity contribution in [2.75, 3.05) is 5.01 Å². The molecule has 6 nitrogen and oxygen atoms in total. The first-order valence-electron chi connectivity index (χ1n) is 11.3. The van der Waals surface area contributed by atoms with Crippen molar-refractivity contribution in [2.24, 2.45) is 11.8 Å². The average Bonchev–Trinajstić information content (AvgIpc) is 3.66. The molecule has 2 aromatic rings. The van der Waals surface area contributed by atoms with Crippen LogP contribution in [0.2, 0.25) is 0 Å². The van der Waals surface area contributed by atoms with E-state index in [0.717, 1.165) is 18.4 Å². The van der Waals surface area contributed by atoms with Crippen LogP contribution >= 0.6 is 0 Å². The van der Waals surface area contributed by atoms with Gasteiger partial charge in [0.05, 0.1) is 17.5 Å². The van der Waals surface area contributed by atoms with E-state index in [1.807, 2.05) is 24.0 Å². The molecule has 164 valence electrons. The minimum atomic E-state index is -0.349. The number of amides is 3. The Morgan fingerprint density at radius 2 is 1.75 bits per heavy atom. The molecule has 2 aromatic carbocycles. The summed E-state index contributed by atoms with van der Waals surface area (Å²) in [5, 5.41) is 1.32. The third-order valence-electron chi connectivity index (χ3n) is 6.60. The first-order valence-corrected chi connectivity index (χ1v) is 11.3. The molecule has 0 radical (unpaired) electrons. The summed E-state index contributed by atoms with van der Waals surface area (Å²) in [6.07, 6.45) is 7.10. The smallest absolute Gasteiger partial charge is 0.254 e. The summed E-state index contributed by atoms with van der Waals surface area (Å²) in [5.41, 5.74) is 6.08. The summed E-state index contributed by atoms with van der Waals surface area (Å²) in [6.45, 7) is 2.61. The van der Waals surface area contributed by atoms with Crippen LogP contribution in [0.15, 0.2) is 60.7 Å². The number of hydrogen-bond acceptors (Lipinski definition) is 3. The summed E-state index contributed by atoms with van der Waals surface area (Å²) in [5.74, 6) is -0.980. The van der Waals surface area contributed by atoms with Crippen LogP contribution in [0.4, 0.5) is 5.69 Å². The highest BCUT2D eigenvalue weighted by Crippen LogP contribution is 2.33. The van der Waals surface area contributed by atoms with Gasteiger partial charge < -0.3 is 4.90 Å². The number of hydrazine groups is 1. The quantitative estimate of drug-likeness (QED) is 0.736. The molecule has 0 aromatic heterocycles. The number of aryl methyl sites for hydroxylation is 1. The fraction of sp³-hybridized carbons (Fsp3) is 0.346. The van der Waals surface area contributed by atoms with Gasteiger partial charge in [-0.3, -0.25) is 19.8 Å². The molecule has 2 atom stereocenters. The molecule has 1 heterocycles. The van der Waals surface area contributed by atoms with Crippen LogP contribution in [0, 0.1) is 18.8 Å². The fourth-order valence-corrected chi connectivity index (χ4v) is 4.57. The minimum absolute atomic E-state index is 0.0517. The zero-order valence-corrected chi connectivity index (χ0v) is 18.2. The number of benzene rings is 2. The Hall–Kier alpha value is -3.41. The molecule has 5 rings (SSSR count). The first-order chi connectivity index (χ1) is 15.5. The third kappa shape index (κ3) is 3.93. The predicted octanol–water partition coefficient (Wildman–Crippen LogP) is 3.76. The van der Waals surface area contributed by atoms with Crippen LogP contribution < -0.4 is 10.4 Å². The van der Waals surface area contributed by atoms with Crippen molar-refractivity contribution in [3.8, 4) is 0 Å². The molecule has 6 heteroatoms. The number of nitrogens with zero attached hydrogens (tertiary/aromatic N) is 2. The fourth-order valence-electron chi connectivity index (χ4n) is 4.57. The van der Waals surface area contributed by atoms with Crippen LogP contribution in [0.3, 0.4) is 0 Å². The highest BCUT2D eigenvalue weighted by atomic mass is 16.2. The molecule has 1 saturated heterocycles. The Bertz CT molecular complexity index is 1090. The summed E-state index contributed by atoms with van der Waals surface area (Å²) in [4.78, 5) is 41.0. The molecular formula is C26H27N3O3. The van der Waals surface area contributed by atoms with Crippen molar-refractivity contribution in [1.82, 2.24) is 10.3 Å². The van der Waals surface area contributed by atoms with E-state index in [2.05, 4.69) is 29.7 Å². The maximum absolute atomic E-state index is 13.4. The SMILES string of the molecule is Cc1ccc(CN(C(=O)c2cccc(N3NC(=O)C4CC=CCC4C3=O)c2)C2CC2)cc1. The van der Waals surface area contributed by atoms with E-state index in [9.17, 15) is 14.4 Å². The lowest BCUT2D eigenvalue weighted by atomic mass is 9.80. The van der Waals surface area contributed by atoms with Crippen molar-refractivity contribution in [3.05, 3.63) is 77.4 Å². The van der Waals surface area contributed by atoms with Gasteiger partial charge in [0.15, 0.2) is 0 Å². The average molecular weight is 430 g/mol. The maximum atomic E-state index is 13.4. The van der Waals surface area contributed by atoms with E-state index < -0.39 is 0 Å². The predicted molar refractivity (Wildman–Crippen MR) is 121 cm³/mol. The van der Waals surface area contributed by atoms with Crippen LogP contribution in [-0.2, 0) is 16.1 Å². The van der Waals surface area contributed by atoms with Gasteiger partial charge in [0.25, 0.3) is 5.91 Å². The van der Waals surface area contributed by atoms with Gasteiger partial charge in [-0.15, -0.1) is 0 Å². The van der Waals surface area contributed by atoms with Gasteiger partial charge in [0.2, 0.25) is 11.8 Å². The third-order valence-corrected chi connectivity index (χ3v) is 6.60. The molecular weight excluding hydrogens is 402 g/mol. The highest BCUT2D eigenvalue weighted by Gasteiger charge is 2.42. The van der Waals surface area contributed by atoms with E-state index >= 15 is 0 Å². The Labute approximate surface area is 187 Å². The lowest BCUT2D eigenvalue weighted by Crippen LogP contribution is -2.59. The number of rotatable bonds is 5. The van der Waals surface area contributed by atoms with Crippen molar-refractivity contribution < 1.29 is 14.4 Å². The molecule has 0 bridgehead atoms. The lowest BCUT2D eigenvalue weighted by molar-refractivity contribution is -0.139. The summed E-state index contributed by atoms with van der Waals surface area (Å²) in [7, 11) is 0. The Kier molecular flexibility index (Phi) is 5.29. The molecule has 1 aliphatic heterocycles. The van der Waals surface area contributed by atoms with Gasteiger partial charge in [-0.25, -0.2) is 5.01 Å². The van der Waals surface area contributed by atoms with E-state index in [0.29, 0.717) is 30.6 Å². The van der Waals surface area contributed by atoms with E-state index in [1.165, 1.54) is 10.6 Å². The molecule has 2 aliphatic carbocycles. The molecule has 2 fully saturated rings. The Balaban J connectivity index is 1.38. The number of hydrogen-bond donors (Lipinski definition) is 1. The van der Waals surface area contributed by atoms with Gasteiger partial charge >= 0.3 is 0 Å². The van der Waals surface area contributed by atoms with E-state index in [1.54, 1.807) is 24.3 Å². The summed E-state index contributed by atoms with van der Waals surface area (Å²) in [6, 6.07) is 15.5. The van der Waals surface area contributed by atoms with Crippen molar-refractivity contribution in [3.63, 3.8) is 0 Å². The molecule has 0 spiro atoms. The number of fused-ring (bicyclic) bond motifs is 1. The monoisotopic (exact) mass is 429 g/mol. The zero-order valence-electron chi connectivity index (χ0n) is 18.2. The second-order valence-electron chi connectivity index (χ2n) is 9.01. The molecule has 3 amide bonds. The topological polar surface area (TPSA) is 69.7 Å². The molecule has 2 unspecified atom stereocenters. The van der Waals surface area contributed by atoms with E-state index in [4.69, 9.17) is 0 Å². The summed E-state index contributed by atoms with van der Waals surface area (Å²) >= 11 is 0. The van der Waals surface area contributed by atoms with Gasteiger partial charge in [-0.05, 0) is 56.4 Å². The lowest BCUT2D eigenvalue weighted by Gasteiger charge is -2.38. The van der Waals surface area contributed by atoms with Gasteiger partial charge in [-0.1, -0.05) is 48.0 Å². The Morgan fingerprint density at radius 3 is 2.47 bits per heavy atom. The maximum Gasteiger partial charge on any atom is 0.254 e. The molecule has 1 saturated carbocycles. The number of carbonyl (C=O) groups excluding carboxylic acids is 3. The number of allylic oxidation sites excluding steroid dienone is 2. The minimum Gasteiger partial charge on any atom is -0.331 e. The van der Waals surface area contributed by atoms with Crippen LogP contribution in [0.1, 0.15) is 47.2 Å². The van der Waals surface area contributed by atoms with Gasteiger partial charge in [0, 0.05) is 18.2 Å². The first kappa shape index (κ1) is 20.5. The number of carbonyl (C=O) groups is 3. The largest absolute Gasteiger partial charge is 0.331 e. The Morgan fingerprint density at radius 1 is 1.03 bits per heavy atom. The zero-order chi connectivity index (χ0) is 22.2. The molecule has 3 aliphatic rings. The summed E-state index contributed by atoms with van der Waals surface area (Å²) < 4.78 is 0. The number of nitrogens with one attached hydrogen (secondary N) is 1. The molecule has 1 N–H and O–H groups in total. The van der Waals surface area contributed by atoms with Crippen LogP contribution in [-0.4, -0.2) is 28.7 Å². The second kappa shape index (κ2) is 8.26. The van der Waals surface area contributed by atoms with Gasteiger partial charge in [0.1, 0.15) is 0 Å². The standard InChI is InChI=1S/C26H27N3O3/c1-17-9-11-18(12-10-17)16-28(20-13-14-20)25(31)19-5-4-6-21(15-19)29-26(32)23-8-3-2-7-22(23)24(30)27-29/h2-6,9-12,15,20,22-23H,7-8,13-14,16H2,1H3,(H,27,30). The van der Waals surface area contributed by atoms with Crippen molar-refractivity contribution in [1.29, 1.82) is 0 Å². The van der Waals surface area contributed by atoms with Gasteiger partial charge in [-0.2, -0.15) is 0 Å². The normalized spacial score (nSPS) is 22.3. The van der Waals surface area contributed by atoms with Crippen LogP contribution in [0.25, 0.3) is 0 Å². The van der Waals surface area contributed by atoms with Crippen LogP contribution in [0.5, 0.6) is 0 Å². The van der Waals surface area contributed by atoms with Crippen molar-refractivity contribution in [2.45, 2.75) is 45.2 Å². The molecule has 32 heavy (non-hydrogen) atoms.